The van der Waals surface area contributed by atoms with Gasteiger partial charge < -0.3 is 11.1 Å². The van der Waals surface area contributed by atoms with Crippen molar-refractivity contribution in [3.63, 3.8) is 0 Å². The lowest BCUT2D eigenvalue weighted by atomic mass is 10.1. The maximum Gasteiger partial charge on any atom is 0.266 e. The molecule has 0 atom stereocenters. The van der Waals surface area contributed by atoms with E-state index in [2.05, 4.69) is 5.32 Å². The highest BCUT2D eigenvalue weighted by Crippen LogP contribution is 2.33. The summed E-state index contributed by atoms with van der Waals surface area (Å²) in [5.41, 5.74) is 6.45. The number of benzene rings is 2. The maximum atomic E-state index is 13.9. The van der Waals surface area contributed by atoms with Gasteiger partial charge in [0.1, 0.15) is 5.82 Å². The molecule has 0 aliphatic rings. The number of halogens is 1. The van der Waals surface area contributed by atoms with Crippen molar-refractivity contribution in [3.8, 4) is 0 Å². The SMILES string of the molecule is Cc1c(C(=O)Nc2ccccc2C(N)=O)sc2cccc(F)c12. The first-order valence-electron chi connectivity index (χ1n) is 6.87. The van der Waals surface area contributed by atoms with Crippen molar-refractivity contribution in [3.05, 3.63) is 64.3 Å². The van der Waals surface area contributed by atoms with E-state index in [1.165, 1.54) is 23.5 Å². The van der Waals surface area contributed by atoms with Gasteiger partial charge in [-0.1, -0.05) is 18.2 Å². The summed E-state index contributed by atoms with van der Waals surface area (Å²) in [6, 6.07) is 11.2. The fourth-order valence-electron chi connectivity index (χ4n) is 2.46. The molecule has 2 aromatic carbocycles. The van der Waals surface area contributed by atoms with Crippen LogP contribution in [-0.2, 0) is 0 Å². The van der Waals surface area contributed by atoms with Gasteiger partial charge >= 0.3 is 0 Å². The molecule has 6 heteroatoms. The van der Waals surface area contributed by atoms with E-state index in [9.17, 15) is 14.0 Å². The molecule has 0 radical (unpaired) electrons. The first-order chi connectivity index (χ1) is 11.0. The minimum Gasteiger partial charge on any atom is -0.366 e. The molecule has 2 amide bonds. The van der Waals surface area contributed by atoms with Crippen molar-refractivity contribution >= 4 is 38.9 Å². The van der Waals surface area contributed by atoms with E-state index in [0.717, 1.165) is 0 Å². The molecule has 0 unspecified atom stereocenters. The summed E-state index contributed by atoms with van der Waals surface area (Å²) >= 11 is 1.21. The molecule has 3 rings (SSSR count). The third-order valence-corrected chi connectivity index (χ3v) is 4.81. The highest BCUT2D eigenvalue weighted by molar-refractivity contribution is 7.21. The fourth-order valence-corrected chi connectivity index (χ4v) is 3.57. The number of carbonyl (C=O) groups excluding carboxylic acids is 2. The summed E-state index contributed by atoms with van der Waals surface area (Å²) in [6.07, 6.45) is 0. The zero-order valence-electron chi connectivity index (χ0n) is 12.2. The monoisotopic (exact) mass is 328 g/mol. The van der Waals surface area contributed by atoms with Crippen LogP contribution in [0.25, 0.3) is 10.1 Å². The molecule has 3 N–H and O–H groups in total. The van der Waals surface area contributed by atoms with Crippen LogP contribution in [0.15, 0.2) is 42.5 Å². The molecule has 1 aromatic heterocycles. The molecular weight excluding hydrogens is 315 g/mol. The molecule has 1 heterocycles. The lowest BCUT2D eigenvalue weighted by Crippen LogP contribution is -2.18. The van der Waals surface area contributed by atoms with Gasteiger partial charge in [0.05, 0.1) is 16.1 Å². The molecule has 0 fully saturated rings. The Kier molecular flexibility index (Phi) is 3.83. The van der Waals surface area contributed by atoms with E-state index in [-0.39, 0.29) is 11.4 Å². The van der Waals surface area contributed by atoms with E-state index in [4.69, 9.17) is 5.73 Å². The van der Waals surface area contributed by atoms with Crippen molar-refractivity contribution in [1.29, 1.82) is 0 Å². The molecule has 0 saturated carbocycles. The highest BCUT2D eigenvalue weighted by Gasteiger charge is 2.19. The van der Waals surface area contributed by atoms with E-state index in [1.807, 2.05) is 0 Å². The average molecular weight is 328 g/mol. The smallest absolute Gasteiger partial charge is 0.266 e. The van der Waals surface area contributed by atoms with Gasteiger partial charge in [0.25, 0.3) is 11.8 Å². The van der Waals surface area contributed by atoms with Crippen LogP contribution in [0.5, 0.6) is 0 Å². The van der Waals surface area contributed by atoms with Gasteiger partial charge in [0, 0.05) is 10.1 Å². The first kappa shape index (κ1) is 15.2. The van der Waals surface area contributed by atoms with Gasteiger partial charge in [-0.15, -0.1) is 11.3 Å². The zero-order chi connectivity index (χ0) is 16.6. The van der Waals surface area contributed by atoms with Crippen LogP contribution in [0.2, 0.25) is 0 Å². The molecular formula is C17H13FN2O2S. The Balaban J connectivity index is 2.01. The largest absolute Gasteiger partial charge is 0.366 e. The number of primary amides is 1. The zero-order valence-corrected chi connectivity index (χ0v) is 13.0. The lowest BCUT2D eigenvalue weighted by Gasteiger charge is -2.08. The van der Waals surface area contributed by atoms with Gasteiger partial charge in [-0.2, -0.15) is 0 Å². The fraction of sp³-hybridized carbons (Fsp3) is 0.0588. The number of thiophene rings is 1. The van der Waals surface area contributed by atoms with Crippen LogP contribution in [-0.4, -0.2) is 11.8 Å². The van der Waals surface area contributed by atoms with Crippen molar-refractivity contribution in [2.75, 3.05) is 5.32 Å². The second kappa shape index (κ2) is 5.81. The molecule has 23 heavy (non-hydrogen) atoms. The number of nitrogens with two attached hydrogens (primary N) is 1. The number of aryl methyl sites for hydroxylation is 1. The van der Waals surface area contributed by atoms with E-state index in [0.29, 0.717) is 26.2 Å². The summed E-state index contributed by atoms with van der Waals surface area (Å²) in [5.74, 6) is -1.37. The molecule has 116 valence electrons. The van der Waals surface area contributed by atoms with Crippen LogP contribution >= 0.6 is 11.3 Å². The summed E-state index contributed by atoms with van der Waals surface area (Å²) in [7, 11) is 0. The minimum absolute atomic E-state index is 0.228. The van der Waals surface area contributed by atoms with Crippen molar-refractivity contribution < 1.29 is 14.0 Å². The number of carbonyl (C=O) groups is 2. The highest BCUT2D eigenvalue weighted by atomic mass is 32.1. The molecule has 0 spiro atoms. The number of anilines is 1. The summed E-state index contributed by atoms with van der Waals surface area (Å²) in [6.45, 7) is 1.71. The number of para-hydroxylation sites is 1. The van der Waals surface area contributed by atoms with Crippen LogP contribution in [0, 0.1) is 12.7 Å². The van der Waals surface area contributed by atoms with Gasteiger partial charge in [-0.3, -0.25) is 9.59 Å². The first-order valence-corrected chi connectivity index (χ1v) is 7.68. The standard InChI is InChI=1S/C17H13FN2O2S/c1-9-14-11(18)6-4-8-13(14)23-15(9)17(22)20-12-7-3-2-5-10(12)16(19)21/h2-8H,1H3,(H2,19,21)(H,20,22). The van der Waals surface area contributed by atoms with Crippen molar-refractivity contribution in [2.45, 2.75) is 6.92 Å². The van der Waals surface area contributed by atoms with Gasteiger partial charge in [0.15, 0.2) is 0 Å². The number of rotatable bonds is 3. The molecule has 0 aliphatic carbocycles. The van der Waals surface area contributed by atoms with Crippen molar-refractivity contribution in [2.24, 2.45) is 5.73 Å². The van der Waals surface area contributed by atoms with Gasteiger partial charge in [-0.25, -0.2) is 4.39 Å². The number of amides is 2. The second-order valence-corrected chi connectivity index (χ2v) is 6.09. The van der Waals surface area contributed by atoms with E-state index in [1.54, 1.807) is 37.3 Å². The Morgan fingerprint density at radius 3 is 2.57 bits per heavy atom. The van der Waals surface area contributed by atoms with Crippen LogP contribution in [0.1, 0.15) is 25.6 Å². The maximum absolute atomic E-state index is 13.9. The number of hydrogen-bond donors (Lipinski definition) is 2. The summed E-state index contributed by atoms with van der Waals surface area (Å²) in [5, 5.41) is 3.13. The average Bonchev–Trinajstić information content (AvgIpc) is 2.86. The Morgan fingerprint density at radius 1 is 1.13 bits per heavy atom. The van der Waals surface area contributed by atoms with E-state index >= 15 is 0 Å². The van der Waals surface area contributed by atoms with E-state index < -0.39 is 11.8 Å². The quantitative estimate of drug-likeness (QED) is 0.769. The lowest BCUT2D eigenvalue weighted by molar-refractivity contribution is 0.100. The molecule has 3 aromatic rings. The normalized spacial score (nSPS) is 10.7. The predicted molar refractivity (Wildman–Crippen MR) is 89.4 cm³/mol. The second-order valence-electron chi connectivity index (χ2n) is 5.03. The van der Waals surface area contributed by atoms with Gasteiger partial charge in [-0.05, 0) is 36.8 Å². The van der Waals surface area contributed by atoms with Crippen LogP contribution in [0.4, 0.5) is 10.1 Å². The summed E-state index contributed by atoms with van der Waals surface area (Å²) < 4.78 is 14.6. The predicted octanol–water partition coefficient (Wildman–Crippen LogP) is 3.70. The molecule has 0 saturated heterocycles. The number of nitrogens with one attached hydrogen (secondary N) is 1. The van der Waals surface area contributed by atoms with Crippen molar-refractivity contribution in [1.82, 2.24) is 0 Å². The van der Waals surface area contributed by atoms with Gasteiger partial charge in [0.2, 0.25) is 0 Å². The van der Waals surface area contributed by atoms with Crippen LogP contribution in [0.3, 0.4) is 0 Å². The minimum atomic E-state index is -0.625. The summed E-state index contributed by atoms with van der Waals surface area (Å²) in [4.78, 5) is 24.3. The Bertz CT molecular complexity index is 933. The Morgan fingerprint density at radius 2 is 1.87 bits per heavy atom. The molecule has 4 nitrogen and oxygen atoms in total. The molecule has 0 aliphatic heterocycles. The molecule has 0 bridgehead atoms. The third kappa shape index (κ3) is 2.68. The number of fused-ring (bicyclic) bond motifs is 1. The third-order valence-electron chi connectivity index (χ3n) is 3.55. The topological polar surface area (TPSA) is 72.2 Å². The Labute approximate surface area is 135 Å². The number of hydrogen-bond acceptors (Lipinski definition) is 3. The van der Waals surface area contributed by atoms with Crippen LogP contribution < -0.4 is 11.1 Å². The Hall–Kier alpha value is -2.73.